The van der Waals surface area contributed by atoms with E-state index in [9.17, 15) is 22.8 Å². The van der Waals surface area contributed by atoms with Gasteiger partial charge >= 0.3 is 0 Å². The number of fused-ring (bicyclic) bond motifs is 1. The van der Waals surface area contributed by atoms with Crippen molar-refractivity contribution >= 4 is 22.7 Å². The molecule has 8 heteroatoms. The molecule has 1 aromatic heterocycles. The second-order valence-corrected chi connectivity index (χ2v) is 7.32. The lowest BCUT2D eigenvalue weighted by molar-refractivity contribution is -0.136. The molecular weight excluding hydrogens is 395 g/mol. The number of hydrogen-bond acceptors (Lipinski definition) is 2. The van der Waals surface area contributed by atoms with Gasteiger partial charge < -0.3 is 15.6 Å². The van der Waals surface area contributed by atoms with Crippen LogP contribution in [0.1, 0.15) is 18.4 Å². The van der Waals surface area contributed by atoms with Crippen molar-refractivity contribution in [3.8, 4) is 11.3 Å². The number of rotatable bonds is 5. The van der Waals surface area contributed by atoms with E-state index >= 15 is 0 Å². The zero-order valence-electron chi connectivity index (χ0n) is 16.0. The number of halogens is 3. The summed E-state index contributed by atoms with van der Waals surface area (Å²) in [7, 11) is 0. The lowest BCUT2D eigenvalue weighted by Crippen LogP contribution is -2.45. The summed E-state index contributed by atoms with van der Waals surface area (Å²) < 4.78 is 41.5. The van der Waals surface area contributed by atoms with Gasteiger partial charge in [-0.05, 0) is 60.7 Å². The molecule has 2 aromatic carbocycles. The van der Waals surface area contributed by atoms with Crippen molar-refractivity contribution in [1.29, 1.82) is 0 Å². The Morgan fingerprint density at radius 1 is 1.10 bits per heavy atom. The van der Waals surface area contributed by atoms with Crippen LogP contribution in [0.2, 0.25) is 0 Å². The van der Waals surface area contributed by atoms with Gasteiger partial charge in [0, 0.05) is 30.2 Å². The third-order valence-electron chi connectivity index (χ3n) is 5.34. The van der Waals surface area contributed by atoms with Crippen molar-refractivity contribution < 1.29 is 22.8 Å². The van der Waals surface area contributed by atoms with Gasteiger partial charge in [0.2, 0.25) is 11.8 Å². The van der Waals surface area contributed by atoms with Crippen molar-refractivity contribution in [3.05, 3.63) is 59.4 Å². The number of benzene rings is 2. The molecule has 0 aliphatic carbocycles. The average Bonchev–Trinajstić information content (AvgIpc) is 3.07. The van der Waals surface area contributed by atoms with Crippen LogP contribution >= 0.6 is 0 Å². The van der Waals surface area contributed by atoms with Crippen LogP contribution in [0.5, 0.6) is 0 Å². The fraction of sp³-hybridized carbons (Fsp3) is 0.273. The van der Waals surface area contributed by atoms with Gasteiger partial charge in [-0.25, -0.2) is 13.2 Å². The van der Waals surface area contributed by atoms with Gasteiger partial charge in [-0.1, -0.05) is 0 Å². The molecule has 2 heterocycles. The Bertz CT molecular complexity index is 1110. The third kappa shape index (κ3) is 3.90. The largest absolute Gasteiger partial charge is 0.355 e. The zero-order chi connectivity index (χ0) is 21.3. The number of carbonyl (C=O) groups excluding carboxylic acids is 2. The molecule has 156 valence electrons. The van der Waals surface area contributed by atoms with Crippen LogP contribution in [-0.2, 0) is 16.0 Å². The minimum Gasteiger partial charge on any atom is -0.355 e. The molecule has 0 radical (unpaired) electrons. The van der Waals surface area contributed by atoms with Crippen molar-refractivity contribution in [2.45, 2.75) is 19.3 Å². The van der Waals surface area contributed by atoms with Gasteiger partial charge in [0.05, 0.1) is 5.52 Å². The van der Waals surface area contributed by atoms with E-state index in [0.717, 1.165) is 12.5 Å². The molecule has 0 bridgehead atoms. The van der Waals surface area contributed by atoms with Crippen LogP contribution in [0.25, 0.3) is 22.2 Å². The fourth-order valence-corrected chi connectivity index (χ4v) is 3.85. The normalized spacial score (nSPS) is 16.5. The number of carbonyl (C=O) groups is 2. The van der Waals surface area contributed by atoms with Crippen LogP contribution in [-0.4, -0.2) is 29.9 Å². The van der Waals surface area contributed by atoms with Crippen molar-refractivity contribution in [3.63, 3.8) is 0 Å². The van der Waals surface area contributed by atoms with E-state index in [1.165, 1.54) is 18.2 Å². The lowest BCUT2D eigenvalue weighted by Gasteiger charge is -2.21. The Morgan fingerprint density at radius 3 is 2.60 bits per heavy atom. The van der Waals surface area contributed by atoms with Crippen LogP contribution in [0, 0.1) is 23.4 Å². The van der Waals surface area contributed by atoms with Crippen molar-refractivity contribution in [1.82, 2.24) is 15.6 Å². The van der Waals surface area contributed by atoms with E-state index in [4.69, 9.17) is 0 Å². The van der Waals surface area contributed by atoms with Crippen molar-refractivity contribution in [2.24, 2.45) is 5.92 Å². The minimum atomic E-state index is -0.734. The first kappa shape index (κ1) is 20.0. The predicted octanol–water partition coefficient (Wildman–Crippen LogP) is 3.44. The quantitative estimate of drug-likeness (QED) is 0.559. The highest BCUT2D eigenvalue weighted by atomic mass is 19.1. The van der Waals surface area contributed by atoms with E-state index in [0.29, 0.717) is 35.2 Å². The monoisotopic (exact) mass is 415 g/mol. The molecule has 1 fully saturated rings. The zero-order valence-corrected chi connectivity index (χ0v) is 16.0. The molecule has 1 aliphatic rings. The molecule has 0 saturated carbocycles. The van der Waals surface area contributed by atoms with Gasteiger partial charge in [-0.3, -0.25) is 9.59 Å². The standard InChI is InChI=1S/C22H20F3N3O2/c23-13-5-3-12(4-6-13)19-15(17-10-14(24)11-18(25)20(17)28-19)7-9-27-22(30)16-2-1-8-26-21(16)29/h3-6,10-11,16,28H,1-2,7-9H2,(H,26,29)(H,27,30). The van der Waals surface area contributed by atoms with E-state index in [1.807, 2.05) is 0 Å². The molecule has 3 N–H and O–H groups in total. The smallest absolute Gasteiger partial charge is 0.232 e. The Balaban J connectivity index is 1.61. The first-order valence-corrected chi connectivity index (χ1v) is 9.75. The number of amides is 2. The second-order valence-electron chi connectivity index (χ2n) is 7.32. The molecule has 1 saturated heterocycles. The number of hydrogen-bond donors (Lipinski definition) is 3. The van der Waals surface area contributed by atoms with E-state index in [2.05, 4.69) is 15.6 Å². The topological polar surface area (TPSA) is 74.0 Å². The minimum absolute atomic E-state index is 0.142. The Kier molecular flexibility index (Phi) is 5.48. The molecule has 30 heavy (non-hydrogen) atoms. The number of aromatic nitrogens is 1. The lowest BCUT2D eigenvalue weighted by atomic mass is 9.97. The average molecular weight is 415 g/mol. The molecule has 0 spiro atoms. The maximum atomic E-state index is 14.3. The first-order valence-electron chi connectivity index (χ1n) is 9.75. The van der Waals surface area contributed by atoms with Gasteiger partial charge in [0.15, 0.2) is 0 Å². The predicted molar refractivity (Wildman–Crippen MR) is 106 cm³/mol. The summed E-state index contributed by atoms with van der Waals surface area (Å²) in [5.41, 5.74) is 1.88. The molecular formula is C22H20F3N3O2. The van der Waals surface area contributed by atoms with Gasteiger partial charge in [-0.2, -0.15) is 0 Å². The number of nitrogens with one attached hydrogen (secondary N) is 3. The molecule has 1 aliphatic heterocycles. The fourth-order valence-electron chi connectivity index (χ4n) is 3.85. The molecule has 1 atom stereocenters. The summed E-state index contributed by atoms with van der Waals surface area (Å²) in [6.07, 6.45) is 1.50. The van der Waals surface area contributed by atoms with E-state index < -0.39 is 23.4 Å². The summed E-state index contributed by atoms with van der Waals surface area (Å²) in [5, 5.41) is 5.77. The number of aromatic amines is 1. The summed E-state index contributed by atoms with van der Waals surface area (Å²) in [4.78, 5) is 27.2. The number of H-pyrrole nitrogens is 1. The molecule has 4 rings (SSSR count). The van der Waals surface area contributed by atoms with Crippen LogP contribution in [0.4, 0.5) is 13.2 Å². The van der Waals surface area contributed by atoms with Crippen LogP contribution in [0.15, 0.2) is 36.4 Å². The summed E-state index contributed by atoms with van der Waals surface area (Å²) >= 11 is 0. The van der Waals surface area contributed by atoms with Crippen LogP contribution < -0.4 is 10.6 Å². The molecule has 3 aromatic rings. The van der Waals surface area contributed by atoms with Gasteiger partial charge in [0.25, 0.3) is 0 Å². The van der Waals surface area contributed by atoms with E-state index in [1.54, 1.807) is 12.1 Å². The highest BCUT2D eigenvalue weighted by Crippen LogP contribution is 2.32. The molecule has 5 nitrogen and oxygen atoms in total. The third-order valence-corrected chi connectivity index (χ3v) is 5.34. The maximum absolute atomic E-state index is 14.3. The van der Waals surface area contributed by atoms with Crippen LogP contribution in [0.3, 0.4) is 0 Å². The van der Waals surface area contributed by atoms with E-state index in [-0.39, 0.29) is 30.3 Å². The Morgan fingerprint density at radius 2 is 1.87 bits per heavy atom. The number of piperidine rings is 1. The summed E-state index contributed by atoms with van der Waals surface area (Å²) in [6.45, 7) is 0.748. The Labute approximate surface area is 170 Å². The maximum Gasteiger partial charge on any atom is 0.232 e. The first-order chi connectivity index (χ1) is 14.4. The van der Waals surface area contributed by atoms with Crippen molar-refractivity contribution in [2.75, 3.05) is 13.1 Å². The highest BCUT2D eigenvalue weighted by molar-refractivity contribution is 6.00. The Hall–Kier alpha value is -3.29. The molecule has 1 unspecified atom stereocenters. The van der Waals surface area contributed by atoms with Gasteiger partial charge in [-0.15, -0.1) is 0 Å². The SMILES string of the molecule is O=C1NCCCC1C(=O)NCCc1c(-c2ccc(F)cc2)[nH]c2c(F)cc(F)cc12. The van der Waals surface area contributed by atoms with Gasteiger partial charge in [0.1, 0.15) is 23.4 Å². The second kappa shape index (κ2) is 8.22. The highest BCUT2D eigenvalue weighted by Gasteiger charge is 2.28. The summed E-state index contributed by atoms with van der Waals surface area (Å²) in [6, 6.07) is 7.68. The summed E-state index contributed by atoms with van der Waals surface area (Å²) in [5.74, 6) is -3.24. The molecule has 2 amide bonds.